The summed E-state index contributed by atoms with van der Waals surface area (Å²) >= 11 is 0. The smallest absolute Gasteiger partial charge is 0.550 e. The molecule has 18 heavy (non-hydrogen) atoms. The Balaban J connectivity index is 0. The molecule has 1 N–H and O–H groups in total. The zero-order chi connectivity index (χ0) is 12.0. The van der Waals surface area contributed by atoms with Gasteiger partial charge in [-0.25, -0.2) is 0 Å². The zero-order valence-corrected chi connectivity index (χ0v) is 14.5. The van der Waals surface area contributed by atoms with E-state index in [0.717, 1.165) is 5.56 Å². The van der Waals surface area contributed by atoms with Crippen LogP contribution in [0.1, 0.15) is 12.0 Å². The predicted molar refractivity (Wildman–Crippen MR) is 51.7 cm³/mol. The molecule has 0 heterocycles. The quantitative estimate of drug-likeness (QED) is 0.517. The van der Waals surface area contributed by atoms with Crippen molar-refractivity contribution < 1.29 is 78.9 Å². The summed E-state index contributed by atoms with van der Waals surface area (Å²) in [6, 6.07) is 7.83. The first kappa shape index (κ1) is 20.4. The third-order valence-corrected chi connectivity index (χ3v) is 2.05. The fraction of sp³-hybridized carbons (Fsp3) is 0.273. The van der Waals surface area contributed by atoms with Crippen LogP contribution in [0.5, 0.6) is 0 Å². The summed E-state index contributed by atoms with van der Waals surface area (Å²) in [6.45, 7) is 0.271. The van der Waals surface area contributed by atoms with Crippen LogP contribution < -0.4 is 74.6 Å². The van der Waals surface area contributed by atoms with Crippen LogP contribution >= 0.6 is 0 Å². The molecule has 1 aromatic carbocycles. The molecule has 7 heteroatoms. The normalized spacial score (nSPS) is 10.7. The third kappa shape index (κ3) is 8.26. The van der Waals surface area contributed by atoms with E-state index in [1.807, 2.05) is 18.2 Å². The van der Waals surface area contributed by atoms with E-state index in [2.05, 4.69) is 5.32 Å². The van der Waals surface area contributed by atoms with E-state index in [1.54, 1.807) is 12.1 Å². The predicted octanol–water partition coefficient (Wildman–Crippen LogP) is -7.96. The van der Waals surface area contributed by atoms with Gasteiger partial charge in [0.1, 0.15) is 0 Å². The maximum atomic E-state index is 10.6. The van der Waals surface area contributed by atoms with E-state index >= 15 is 0 Å². The molecule has 0 aliphatic rings. The number of rotatable bonds is 6. The Morgan fingerprint density at radius 3 is 2.11 bits per heavy atom. The molecular formula is C11H11NNa2O4. The first-order valence-electron chi connectivity index (χ1n) is 4.77. The van der Waals surface area contributed by atoms with Gasteiger partial charge in [0.2, 0.25) is 0 Å². The fourth-order valence-corrected chi connectivity index (χ4v) is 1.24. The average Bonchev–Trinajstić information content (AvgIpc) is 2.25. The molecule has 0 aromatic heterocycles. The molecule has 5 nitrogen and oxygen atoms in total. The number of aliphatic carboxylic acids is 2. The Morgan fingerprint density at radius 2 is 1.67 bits per heavy atom. The third-order valence-electron chi connectivity index (χ3n) is 2.05. The Labute approximate surface area is 150 Å². The maximum absolute atomic E-state index is 10.6. The van der Waals surface area contributed by atoms with Crippen LogP contribution in [0.3, 0.4) is 0 Å². The standard InChI is InChI=1S/C11H13NO4.2Na/c13-10(14)6-9(11(15)16)12-7-8-4-2-1-3-5-8;;/h1-5,9,12H,6-7H2,(H,13,14)(H,15,16);;/q;2*+1/p-2. The number of carboxylic acids is 2. The van der Waals surface area contributed by atoms with Crippen molar-refractivity contribution >= 4 is 11.9 Å². The van der Waals surface area contributed by atoms with Crippen molar-refractivity contribution in [2.75, 3.05) is 0 Å². The number of benzene rings is 1. The van der Waals surface area contributed by atoms with Crippen molar-refractivity contribution in [3.8, 4) is 0 Å². The number of carbonyl (C=O) groups excluding carboxylic acids is 2. The van der Waals surface area contributed by atoms with Crippen molar-refractivity contribution in [2.24, 2.45) is 0 Å². The Bertz CT molecular complexity index is 373. The van der Waals surface area contributed by atoms with Crippen LogP contribution in [0.2, 0.25) is 0 Å². The molecule has 0 saturated carbocycles. The zero-order valence-electron chi connectivity index (χ0n) is 10.5. The Kier molecular flexibility index (Phi) is 12.5. The van der Waals surface area contributed by atoms with Gasteiger partial charge in [-0.1, -0.05) is 30.3 Å². The number of carbonyl (C=O) groups is 2. The largest absolute Gasteiger partial charge is 1.00 e. The second-order valence-corrected chi connectivity index (χ2v) is 3.31. The number of carboxylic acid groups (broad SMARTS) is 2. The van der Waals surface area contributed by atoms with Crippen LogP contribution in [0.15, 0.2) is 30.3 Å². The van der Waals surface area contributed by atoms with Gasteiger partial charge in [-0.2, -0.15) is 0 Å². The molecule has 0 bridgehead atoms. The minimum absolute atomic E-state index is 0. The van der Waals surface area contributed by atoms with E-state index < -0.39 is 24.4 Å². The van der Waals surface area contributed by atoms with E-state index in [-0.39, 0.29) is 65.7 Å². The maximum Gasteiger partial charge on any atom is 1.00 e. The molecule has 0 aliphatic carbocycles. The van der Waals surface area contributed by atoms with Crippen molar-refractivity contribution in [2.45, 2.75) is 19.0 Å². The molecule has 0 amide bonds. The first-order valence-corrected chi connectivity index (χ1v) is 4.77. The Hall–Kier alpha value is 0.120. The number of hydrogen-bond donors (Lipinski definition) is 1. The molecule has 1 unspecified atom stereocenters. The first-order chi connectivity index (χ1) is 7.59. The van der Waals surface area contributed by atoms with Crippen molar-refractivity contribution in [3.05, 3.63) is 35.9 Å². The summed E-state index contributed by atoms with van der Waals surface area (Å²) in [6.07, 6.45) is -0.602. The second-order valence-electron chi connectivity index (χ2n) is 3.31. The molecule has 0 spiro atoms. The van der Waals surface area contributed by atoms with Crippen LogP contribution in [0.4, 0.5) is 0 Å². The molecule has 0 fully saturated rings. The average molecular weight is 267 g/mol. The van der Waals surface area contributed by atoms with Gasteiger partial charge in [-0.15, -0.1) is 0 Å². The van der Waals surface area contributed by atoms with Crippen molar-refractivity contribution in [1.29, 1.82) is 0 Å². The number of hydrogen-bond acceptors (Lipinski definition) is 5. The summed E-state index contributed by atoms with van der Waals surface area (Å²) in [7, 11) is 0. The van der Waals surface area contributed by atoms with E-state index in [0.29, 0.717) is 0 Å². The fourth-order valence-electron chi connectivity index (χ4n) is 1.24. The van der Waals surface area contributed by atoms with Gasteiger partial charge in [0.25, 0.3) is 0 Å². The molecule has 0 saturated heterocycles. The Morgan fingerprint density at radius 1 is 1.11 bits per heavy atom. The van der Waals surface area contributed by atoms with Crippen LogP contribution in [-0.4, -0.2) is 18.0 Å². The van der Waals surface area contributed by atoms with Gasteiger partial charge in [0.05, 0.1) is 12.0 Å². The molecule has 0 aliphatic heterocycles. The summed E-state index contributed by atoms with van der Waals surface area (Å²) in [5, 5.41) is 23.5. The van der Waals surface area contributed by atoms with Gasteiger partial charge in [-0.05, 0) is 5.56 Å². The topological polar surface area (TPSA) is 92.3 Å². The molecule has 1 rings (SSSR count). The second kappa shape index (κ2) is 11.0. The van der Waals surface area contributed by atoms with Gasteiger partial charge >= 0.3 is 59.1 Å². The SMILES string of the molecule is O=C([O-])CC(NCc1ccccc1)C(=O)[O-].[Na+].[Na+]. The minimum Gasteiger partial charge on any atom is -0.550 e. The number of nitrogens with one attached hydrogen (secondary N) is 1. The molecular weight excluding hydrogens is 256 g/mol. The van der Waals surface area contributed by atoms with Crippen LogP contribution in [-0.2, 0) is 16.1 Å². The van der Waals surface area contributed by atoms with E-state index in [1.165, 1.54) is 0 Å². The summed E-state index contributed by atoms with van der Waals surface area (Å²) in [4.78, 5) is 20.9. The van der Waals surface area contributed by atoms with E-state index in [9.17, 15) is 19.8 Å². The summed E-state index contributed by atoms with van der Waals surface area (Å²) < 4.78 is 0. The van der Waals surface area contributed by atoms with Crippen molar-refractivity contribution in [1.82, 2.24) is 5.32 Å². The molecule has 86 valence electrons. The molecule has 0 radical (unpaired) electrons. The van der Waals surface area contributed by atoms with Crippen LogP contribution in [0, 0.1) is 0 Å². The minimum atomic E-state index is -1.44. The van der Waals surface area contributed by atoms with Gasteiger partial charge in [0.15, 0.2) is 0 Å². The molecule has 1 atom stereocenters. The van der Waals surface area contributed by atoms with Gasteiger partial charge in [-0.3, -0.25) is 0 Å². The summed E-state index contributed by atoms with van der Waals surface area (Å²) in [5.74, 6) is -2.87. The summed E-state index contributed by atoms with van der Waals surface area (Å²) in [5.41, 5.74) is 0.868. The monoisotopic (exact) mass is 267 g/mol. The van der Waals surface area contributed by atoms with Crippen molar-refractivity contribution in [3.63, 3.8) is 0 Å². The van der Waals surface area contributed by atoms with Crippen LogP contribution in [0.25, 0.3) is 0 Å². The van der Waals surface area contributed by atoms with Gasteiger partial charge < -0.3 is 25.1 Å². The molecule has 1 aromatic rings. The van der Waals surface area contributed by atoms with Gasteiger partial charge in [0, 0.05) is 18.9 Å². The van der Waals surface area contributed by atoms with E-state index in [4.69, 9.17) is 0 Å².